The summed E-state index contributed by atoms with van der Waals surface area (Å²) in [5.41, 5.74) is 6.30. The maximum atomic E-state index is 13.0. The summed E-state index contributed by atoms with van der Waals surface area (Å²) in [7, 11) is -3.55. The van der Waals surface area contributed by atoms with Crippen molar-refractivity contribution in [2.75, 3.05) is 5.75 Å². The Balaban J connectivity index is 1.65. The van der Waals surface area contributed by atoms with E-state index in [0.717, 1.165) is 0 Å². The fraction of sp³-hybridized carbons (Fsp3) is 0.304. The quantitative estimate of drug-likeness (QED) is 0.330. The Morgan fingerprint density at radius 2 is 1.80 bits per heavy atom. The number of amides is 2. The predicted molar refractivity (Wildman–Crippen MR) is 125 cm³/mol. The van der Waals surface area contributed by atoms with Gasteiger partial charge in [0.25, 0.3) is 5.89 Å². The number of nitrogens with one attached hydrogen (secondary N) is 1. The molecule has 12 heteroatoms. The molecule has 11 nitrogen and oxygen atoms in total. The smallest absolute Gasteiger partial charge is 0.286 e. The average molecular weight is 500 g/mol. The lowest BCUT2D eigenvalue weighted by molar-refractivity contribution is -0.121. The molecule has 2 aromatic heterocycles. The maximum absolute atomic E-state index is 13.0. The molecule has 1 unspecified atom stereocenters. The normalized spacial score (nSPS) is 12.1. The van der Waals surface area contributed by atoms with Crippen LogP contribution < -0.4 is 11.1 Å². The second kappa shape index (κ2) is 12.0. The van der Waals surface area contributed by atoms with Crippen LogP contribution in [0, 0.1) is 0 Å². The SMILES string of the molecule is NC(=O)CCCC(NC(=O)CCS(=O)(=O)Cc1ccccc1)C(=O)c1nnc(-c2cccnc2)o1. The minimum atomic E-state index is -3.55. The van der Waals surface area contributed by atoms with Crippen LogP contribution >= 0.6 is 0 Å². The van der Waals surface area contributed by atoms with Gasteiger partial charge in [-0.15, -0.1) is 10.2 Å². The van der Waals surface area contributed by atoms with Gasteiger partial charge in [0.15, 0.2) is 9.84 Å². The number of carbonyl (C=O) groups is 3. The predicted octanol–water partition coefficient (Wildman–Crippen LogP) is 1.46. The summed E-state index contributed by atoms with van der Waals surface area (Å²) >= 11 is 0. The van der Waals surface area contributed by atoms with Crippen molar-refractivity contribution in [2.45, 2.75) is 37.5 Å². The van der Waals surface area contributed by atoms with Gasteiger partial charge in [-0.05, 0) is 30.5 Å². The van der Waals surface area contributed by atoms with Crippen LogP contribution in [0.1, 0.15) is 41.9 Å². The first-order valence-electron chi connectivity index (χ1n) is 10.8. The first-order chi connectivity index (χ1) is 16.7. The van der Waals surface area contributed by atoms with Gasteiger partial charge < -0.3 is 15.5 Å². The summed E-state index contributed by atoms with van der Waals surface area (Å²) < 4.78 is 30.2. The molecule has 2 heterocycles. The Bertz CT molecular complexity index is 1260. The highest BCUT2D eigenvalue weighted by Crippen LogP contribution is 2.18. The van der Waals surface area contributed by atoms with E-state index in [1.807, 2.05) is 0 Å². The second-order valence-electron chi connectivity index (χ2n) is 7.82. The van der Waals surface area contributed by atoms with Gasteiger partial charge in [-0.2, -0.15) is 0 Å². The molecule has 0 radical (unpaired) electrons. The van der Waals surface area contributed by atoms with Gasteiger partial charge in [0.1, 0.15) is 0 Å². The molecule has 0 aliphatic heterocycles. The number of rotatable bonds is 13. The van der Waals surface area contributed by atoms with Gasteiger partial charge >= 0.3 is 0 Å². The molecule has 184 valence electrons. The molecule has 0 bridgehead atoms. The average Bonchev–Trinajstić information content (AvgIpc) is 3.33. The van der Waals surface area contributed by atoms with E-state index in [2.05, 4.69) is 20.5 Å². The lowest BCUT2D eigenvalue weighted by Gasteiger charge is -2.16. The van der Waals surface area contributed by atoms with Gasteiger partial charge in [-0.3, -0.25) is 19.4 Å². The number of Topliss-reactive ketones (excluding diaryl/α,β-unsaturated/α-hetero) is 1. The lowest BCUT2D eigenvalue weighted by atomic mass is 10.0. The van der Waals surface area contributed by atoms with Crippen LogP contribution in [0.2, 0.25) is 0 Å². The fourth-order valence-corrected chi connectivity index (χ4v) is 4.58. The van der Waals surface area contributed by atoms with E-state index < -0.39 is 33.5 Å². The zero-order valence-corrected chi connectivity index (χ0v) is 19.6. The zero-order chi connectivity index (χ0) is 25.3. The largest absolute Gasteiger partial charge is 0.413 e. The van der Waals surface area contributed by atoms with E-state index in [0.29, 0.717) is 11.1 Å². The van der Waals surface area contributed by atoms with Gasteiger partial charge in [-0.25, -0.2) is 8.42 Å². The third-order valence-electron chi connectivity index (χ3n) is 4.98. The molecule has 0 fully saturated rings. The van der Waals surface area contributed by atoms with E-state index in [9.17, 15) is 22.8 Å². The van der Waals surface area contributed by atoms with Crippen molar-refractivity contribution < 1.29 is 27.2 Å². The number of carbonyl (C=O) groups excluding carboxylic acids is 3. The molecule has 3 N–H and O–H groups in total. The number of hydrogen-bond donors (Lipinski definition) is 2. The number of nitrogens with two attached hydrogens (primary N) is 1. The first-order valence-corrected chi connectivity index (χ1v) is 12.7. The molecular weight excluding hydrogens is 474 g/mol. The van der Waals surface area contributed by atoms with Crippen molar-refractivity contribution >= 4 is 27.4 Å². The Morgan fingerprint density at radius 3 is 2.49 bits per heavy atom. The fourth-order valence-electron chi connectivity index (χ4n) is 3.24. The topological polar surface area (TPSA) is 175 Å². The summed E-state index contributed by atoms with van der Waals surface area (Å²) in [5.74, 6) is -2.67. The van der Waals surface area contributed by atoms with Crippen LogP contribution in [-0.2, 0) is 25.2 Å². The molecule has 3 aromatic rings. The van der Waals surface area contributed by atoms with Crippen LogP contribution in [-0.4, -0.2) is 53.0 Å². The first kappa shape index (κ1) is 25.7. The van der Waals surface area contributed by atoms with E-state index in [1.54, 1.807) is 48.7 Å². The van der Waals surface area contributed by atoms with Crippen LogP contribution in [0.3, 0.4) is 0 Å². The van der Waals surface area contributed by atoms with Crippen LogP contribution in [0.5, 0.6) is 0 Å². The molecule has 2 amide bonds. The molecule has 1 atom stereocenters. The van der Waals surface area contributed by atoms with E-state index in [-0.39, 0.29) is 49.0 Å². The van der Waals surface area contributed by atoms with E-state index in [4.69, 9.17) is 10.2 Å². The molecule has 0 saturated carbocycles. The molecule has 0 aliphatic rings. The number of hydrogen-bond acceptors (Lipinski definition) is 9. The minimum absolute atomic E-state index is 0.00980. The van der Waals surface area contributed by atoms with Crippen molar-refractivity contribution in [1.82, 2.24) is 20.5 Å². The van der Waals surface area contributed by atoms with Gasteiger partial charge in [0.05, 0.1) is 23.1 Å². The van der Waals surface area contributed by atoms with Crippen LogP contribution in [0.4, 0.5) is 0 Å². The molecule has 0 aliphatic carbocycles. The summed E-state index contributed by atoms with van der Waals surface area (Å²) in [5, 5.41) is 10.1. The second-order valence-corrected chi connectivity index (χ2v) is 10.0. The number of benzene rings is 1. The minimum Gasteiger partial charge on any atom is -0.413 e. The molecule has 1 aromatic carbocycles. The van der Waals surface area contributed by atoms with Crippen LogP contribution in [0.15, 0.2) is 59.3 Å². The van der Waals surface area contributed by atoms with Crippen molar-refractivity contribution in [2.24, 2.45) is 5.73 Å². The van der Waals surface area contributed by atoms with Crippen molar-refractivity contribution in [1.29, 1.82) is 0 Å². The molecular formula is C23H25N5O6S. The van der Waals surface area contributed by atoms with Crippen molar-refractivity contribution in [3.63, 3.8) is 0 Å². The zero-order valence-electron chi connectivity index (χ0n) is 18.8. The highest BCUT2D eigenvalue weighted by atomic mass is 32.2. The summed E-state index contributed by atoms with van der Waals surface area (Å²) in [6.07, 6.45) is 3.03. The van der Waals surface area contributed by atoms with Crippen molar-refractivity contribution in [3.8, 4) is 11.5 Å². The molecule has 0 spiro atoms. The number of ketones is 1. The number of pyridine rings is 1. The monoisotopic (exact) mass is 499 g/mol. The standard InChI is InChI=1S/C23H25N5O6S/c24-19(29)10-4-9-18(21(31)23-28-27-22(34-23)17-8-5-12-25-14-17)26-20(30)11-13-35(32,33)15-16-6-2-1-3-7-16/h1-3,5-8,12,14,18H,4,9-11,13,15H2,(H2,24,29)(H,26,30). The molecule has 35 heavy (non-hydrogen) atoms. The third kappa shape index (κ3) is 8.10. The number of sulfone groups is 1. The van der Waals surface area contributed by atoms with Crippen molar-refractivity contribution in [3.05, 3.63) is 66.3 Å². The highest BCUT2D eigenvalue weighted by Gasteiger charge is 2.27. The Kier molecular flexibility index (Phi) is 8.79. The third-order valence-corrected chi connectivity index (χ3v) is 6.58. The Hall–Kier alpha value is -3.93. The maximum Gasteiger partial charge on any atom is 0.286 e. The Labute approximate surface area is 202 Å². The van der Waals surface area contributed by atoms with Gasteiger partial charge in [0.2, 0.25) is 23.5 Å². The van der Waals surface area contributed by atoms with E-state index >= 15 is 0 Å². The van der Waals surface area contributed by atoms with E-state index in [1.165, 1.54) is 6.20 Å². The number of aromatic nitrogens is 3. The lowest BCUT2D eigenvalue weighted by Crippen LogP contribution is -2.41. The molecule has 0 saturated heterocycles. The highest BCUT2D eigenvalue weighted by molar-refractivity contribution is 7.90. The summed E-state index contributed by atoms with van der Waals surface area (Å²) in [4.78, 5) is 40.6. The number of primary amides is 1. The molecule has 3 rings (SSSR count). The summed E-state index contributed by atoms with van der Waals surface area (Å²) in [6, 6.07) is 10.9. The van der Waals surface area contributed by atoms with Crippen LogP contribution in [0.25, 0.3) is 11.5 Å². The van der Waals surface area contributed by atoms with Gasteiger partial charge in [0, 0.05) is 25.2 Å². The number of nitrogens with zero attached hydrogens (tertiary/aromatic N) is 3. The Morgan fingerprint density at radius 1 is 1.03 bits per heavy atom. The summed E-state index contributed by atoms with van der Waals surface area (Å²) in [6.45, 7) is 0. The van der Waals surface area contributed by atoms with Gasteiger partial charge in [-0.1, -0.05) is 30.3 Å².